The molecular formula is C13H22N2OS. The number of aromatic amines is 1. The fourth-order valence-corrected chi connectivity index (χ4v) is 2.53. The van der Waals surface area contributed by atoms with Crippen LogP contribution < -0.4 is 0 Å². The second kappa shape index (κ2) is 6.26. The molecule has 1 rings (SSSR count). The minimum atomic E-state index is 0.0154. The lowest BCUT2D eigenvalue weighted by Gasteiger charge is -2.17. The Morgan fingerprint density at radius 1 is 1.35 bits per heavy atom. The van der Waals surface area contributed by atoms with Crippen molar-refractivity contribution in [2.75, 3.05) is 6.61 Å². The number of nitrogens with one attached hydrogen (secondary N) is 1. The van der Waals surface area contributed by atoms with Gasteiger partial charge in [0, 0.05) is 17.9 Å². The molecule has 0 bridgehead atoms. The van der Waals surface area contributed by atoms with E-state index in [9.17, 15) is 0 Å². The van der Waals surface area contributed by atoms with Gasteiger partial charge in [0.15, 0.2) is 0 Å². The van der Waals surface area contributed by atoms with Crippen LogP contribution in [0.5, 0.6) is 0 Å². The average Bonchev–Trinajstić information content (AvgIpc) is 2.24. The highest BCUT2D eigenvalue weighted by Crippen LogP contribution is 2.22. The van der Waals surface area contributed by atoms with Crippen LogP contribution in [0.2, 0.25) is 0 Å². The van der Waals surface area contributed by atoms with E-state index in [4.69, 9.17) is 17.0 Å². The fourth-order valence-electron chi connectivity index (χ4n) is 2.04. The van der Waals surface area contributed by atoms with Crippen LogP contribution in [0.25, 0.3) is 0 Å². The lowest BCUT2D eigenvalue weighted by molar-refractivity contribution is 0.0532. The maximum atomic E-state index is 5.65. The normalized spacial score (nSPS) is 13.1. The summed E-state index contributed by atoms with van der Waals surface area (Å²) in [4.78, 5) is 7.81. The zero-order valence-corrected chi connectivity index (χ0v) is 12.1. The van der Waals surface area contributed by atoms with Gasteiger partial charge in [-0.15, -0.1) is 0 Å². The quantitative estimate of drug-likeness (QED) is 0.805. The summed E-state index contributed by atoms with van der Waals surface area (Å²) < 4.78 is 6.35. The van der Waals surface area contributed by atoms with E-state index >= 15 is 0 Å². The zero-order valence-electron chi connectivity index (χ0n) is 11.3. The predicted molar refractivity (Wildman–Crippen MR) is 72.9 cm³/mol. The molecule has 0 saturated heterocycles. The molecule has 0 aliphatic carbocycles. The van der Waals surface area contributed by atoms with E-state index in [-0.39, 0.29) is 6.10 Å². The van der Waals surface area contributed by atoms with E-state index in [1.54, 1.807) is 0 Å². The predicted octanol–water partition coefficient (Wildman–Crippen LogP) is 4.06. The van der Waals surface area contributed by atoms with Crippen LogP contribution in [0, 0.1) is 11.6 Å². The van der Waals surface area contributed by atoms with Gasteiger partial charge >= 0.3 is 0 Å². The van der Waals surface area contributed by atoms with Gasteiger partial charge in [-0.25, -0.2) is 4.98 Å². The van der Waals surface area contributed by atoms with Crippen LogP contribution >= 0.6 is 12.2 Å². The van der Waals surface area contributed by atoms with Crippen molar-refractivity contribution < 1.29 is 4.74 Å². The number of ether oxygens (including phenoxy) is 1. The first-order chi connectivity index (χ1) is 8.01. The van der Waals surface area contributed by atoms with Crippen molar-refractivity contribution in [2.24, 2.45) is 0 Å². The molecule has 3 nitrogen and oxygen atoms in total. The molecule has 0 aromatic carbocycles. The highest BCUT2D eigenvalue weighted by molar-refractivity contribution is 7.71. The molecular weight excluding hydrogens is 232 g/mol. The third-order valence-electron chi connectivity index (χ3n) is 2.79. The molecule has 4 heteroatoms. The number of hydrogen-bond acceptors (Lipinski definition) is 3. The van der Waals surface area contributed by atoms with Crippen molar-refractivity contribution >= 4 is 12.2 Å². The molecule has 0 spiro atoms. The second-order valence-corrected chi connectivity index (χ2v) is 4.86. The molecule has 1 heterocycles. The Labute approximate surface area is 109 Å². The Morgan fingerprint density at radius 3 is 2.41 bits per heavy atom. The topological polar surface area (TPSA) is 37.9 Å². The van der Waals surface area contributed by atoms with Crippen LogP contribution in [0.4, 0.5) is 0 Å². The van der Waals surface area contributed by atoms with Crippen LogP contribution in [0.1, 0.15) is 63.2 Å². The van der Waals surface area contributed by atoms with Crippen molar-refractivity contribution in [2.45, 2.75) is 53.1 Å². The Balaban J connectivity index is 3.17. The number of aryl methyl sites for hydroxylation is 1. The third-order valence-corrected chi connectivity index (χ3v) is 3.10. The van der Waals surface area contributed by atoms with Gasteiger partial charge in [-0.05, 0) is 26.2 Å². The molecule has 0 radical (unpaired) electrons. The van der Waals surface area contributed by atoms with Crippen molar-refractivity contribution in [1.29, 1.82) is 0 Å². The first kappa shape index (κ1) is 14.3. The third kappa shape index (κ3) is 3.36. The largest absolute Gasteiger partial charge is 0.371 e. The van der Waals surface area contributed by atoms with Gasteiger partial charge in [0.2, 0.25) is 0 Å². The SMILES string of the molecule is CCOC(CC)c1nc(=S)c(C(C)C)c(C)[nH]1. The average molecular weight is 254 g/mol. The molecule has 1 unspecified atom stereocenters. The monoisotopic (exact) mass is 254 g/mol. The Hall–Kier alpha value is -0.740. The summed E-state index contributed by atoms with van der Waals surface area (Å²) in [6.07, 6.45) is 0.911. The summed E-state index contributed by atoms with van der Waals surface area (Å²) in [5.41, 5.74) is 2.24. The van der Waals surface area contributed by atoms with Crippen LogP contribution in [-0.2, 0) is 4.74 Å². The standard InChI is InChI=1S/C13H22N2OS/c1-6-10(16-7-2)12-14-9(5)11(8(3)4)13(17)15-12/h8,10H,6-7H2,1-5H3,(H,14,15,17). The van der Waals surface area contributed by atoms with Gasteiger partial charge in [-0.2, -0.15) is 0 Å². The van der Waals surface area contributed by atoms with Gasteiger partial charge < -0.3 is 9.72 Å². The summed E-state index contributed by atoms with van der Waals surface area (Å²) in [5.74, 6) is 1.24. The lowest BCUT2D eigenvalue weighted by Crippen LogP contribution is -2.11. The zero-order chi connectivity index (χ0) is 13.0. The molecule has 1 aromatic rings. The van der Waals surface area contributed by atoms with E-state index in [0.29, 0.717) is 17.2 Å². The van der Waals surface area contributed by atoms with Gasteiger partial charge in [0.05, 0.1) is 0 Å². The van der Waals surface area contributed by atoms with Gasteiger partial charge in [-0.3, -0.25) is 0 Å². The van der Waals surface area contributed by atoms with Crippen LogP contribution in [-0.4, -0.2) is 16.6 Å². The molecule has 1 aromatic heterocycles. The Kier molecular flexibility index (Phi) is 5.28. The van der Waals surface area contributed by atoms with E-state index < -0.39 is 0 Å². The van der Waals surface area contributed by atoms with E-state index in [0.717, 1.165) is 23.5 Å². The first-order valence-corrected chi connectivity index (χ1v) is 6.64. The summed E-state index contributed by atoms with van der Waals surface area (Å²) in [5, 5.41) is 0. The minimum Gasteiger partial charge on any atom is -0.371 e. The summed E-state index contributed by atoms with van der Waals surface area (Å²) >= 11 is 5.37. The maximum Gasteiger partial charge on any atom is 0.137 e. The molecule has 1 atom stereocenters. The van der Waals surface area contributed by atoms with Crippen LogP contribution in [0.15, 0.2) is 0 Å². The number of H-pyrrole nitrogens is 1. The van der Waals surface area contributed by atoms with Crippen molar-refractivity contribution in [1.82, 2.24) is 9.97 Å². The first-order valence-electron chi connectivity index (χ1n) is 6.23. The smallest absolute Gasteiger partial charge is 0.137 e. The minimum absolute atomic E-state index is 0.0154. The van der Waals surface area contributed by atoms with Crippen molar-refractivity contribution in [3.63, 3.8) is 0 Å². The maximum absolute atomic E-state index is 5.65. The Morgan fingerprint density at radius 2 is 2.00 bits per heavy atom. The number of aromatic nitrogens is 2. The molecule has 0 aliphatic rings. The number of nitrogens with zero attached hydrogens (tertiary/aromatic N) is 1. The van der Waals surface area contributed by atoms with E-state index in [2.05, 4.69) is 37.7 Å². The highest BCUT2D eigenvalue weighted by Gasteiger charge is 2.15. The summed E-state index contributed by atoms with van der Waals surface area (Å²) in [6, 6.07) is 0. The Bertz CT molecular complexity index is 426. The van der Waals surface area contributed by atoms with Gasteiger partial charge in [0.25, 0.3) is 0 Å². The highest BCUT2D eigenvalue weighted by atomic mass is 32.1. The molecule has 0 amide bonds. The van der Waals surface area contributed by atoms with Gasteiger partial charge in [0.1, 0.15) is 16.6 Å². The summed E-state index contributed by atoms with van der Waals surface area (Å²) in [7, 11) is 0. The van der Waals surface area contributed by atoms with Crippen LogP contribution in [0.3, 0.4) is 0 Å². The number of hydrogen-bond donors (Lipinski definition) is 1. The fraction of sp³-hybridized carbons (Fsp3) is 0.692. The molecule has 17 heavy (non-hydrogen) atoms. The van der Waals surface area contributed by atoms with Gasteiger partial charge in [-0.1, -0.05) is 33.0 Å². The molecule has 0 fully saturated rings. The van der Waals surface area contributed by atoms with E-state index in [1.807, 2.05) is 6.92 Å². The number of rotatable bonds is 5. The second-order valence-electron chi connectivity index (χ2n) is 4.47. The van der Waals surface area contributed by atoms with E-state index in [1.165, 1.54) is 0 Å². The molecule has 96 valence electrons. The van der Waals surface area contributed by atoms with Crippen molar-refractivity contribution in [3.8, 4) is 0 Å². The molecule has 0 aliphatic heterocycles. The summed E-state index contributed by atoms with van der Waals surface area (Å²) in [6.45, 7) is 11.1. The molecule has 0 saturated carbocycles. The van der Waals surface area contributed by atoms with Crippen molar-refractivity contribution in [3.05, 3.63) is 21.7 Å². The lowest BCUT2D eigenvalue weighted by atomic mass is 10.0. The molecule has 1 N–H and O–H groups in total.